The summed E-state index contributed by atoms with van der Waals surface area (Å²) >= 11 is 5.03. The highest BCUT2D eigenvalue weighted by molar-refractivity contribution is 7.80. The van der Waals surface area contributed by atoms with E-state index in [9.17, 15) is 0 Å². The lowest BCUT2D eigenvalue weighted by atomic mass is 10.2. The summed E-state index contributed by atoms with van der Waals surface area (Å²) in [5.74, 6) is 0. The lowest BCUT2D eigenvalue weighted by Gasteiger charge is -2.07. The van der Waals surface area contributed by atoms with Gasteiger partial charge in [0.2, 0.25) is 0 Å². The van der Waals surface area contributed by atoms with Crippen LogP contribution in [0.25, 0.3) is 0 Å². The van der Waals surface area contributed by atoms with Gasteiger partial charge in [0.15, 0.2) is 5.11 Å². The zero-order chi connectivity index (χ0) is 11.4. The van der Waals surface area contributed by atoms with E-state index < -0.39 is 0 Å². The first-order valence-electron chi connectivity index (χ1n) is 5.08. The molecule has 0 spiro atoms. The largest absolute Gasteiger partial charge is 0.366 e. The van der Waals surface area contributed by atoms with E-state index in [2.05, 4.69) is 29.6 Å². The molecule has 2 N–H and O–H groups in total. The normalized spacial score (nSPS) is 10.1. The van der Waals surface area contributed by atoms with Gasteiger partial charge in [-0.25, -0.2) is 0 Å². The van der Waals surface area contributed by atoms with E-state index in [0.29, 0.717) is 5.11 Å². The molecular formula is C10H18N4S. The molecule has 5 heteroatoms. The van der Waals surface area contributed by atoms with Crippen molar-refractivity contribution in [2.24, 2.45) is 0 Å². The van der Waals surface area contributed by atoms with Gasteiger partial charge in [0.1, 0.15) is 0 Å². The van der Waals surface area contributed by atoms with Crippen molar-refractivity contribution in [2.75, 3.05) is 7.05 Å². The number of nitrogens with zero attached hydrogens (tertiary/aromatic N) is 2. The molecule has 15 heavy (non-hydrogen) atoms. The fourth-order valence-corrected chi connectivity index (χ4v) is 1.63. The molecule has 1 rings (SSSR count). The Morgan fingerprint density at radius 2 is 2.13 bits per heavy atom. The van der Waals surface area contributed by atoms with Crippen molar-refractivity contribution in [3.63, 3.8) is 0 Å². The van der Waals surface area contributed by atoms with Crippen LogP contribution in [0.3, 0.4) is 0 Å². The van der Waals surface area contributed by atoms with Crippen LogP contribution >= 0.6 is 12.2 Å². The molecule has 0 aliphatic heterocycles. The third-order valence-corrected chi connectivity index (χ3v) is 2.83. The molecule has 0 fully saturated rings. The van der Waals surface area contributed by atoms with Crippen molar-refractivity contribution in [2.45, 2.75) is 33.9 Å². The predicted molar refractivity (Wildman–Crippen MR) is 65.9 cm³/mol. The summed E-state index contributed by atoms with van der Waals surface area (Å²) in [6.07, 6.45) is 0. The summed E-state index contributed by atoms with van der Waals surface area (Å²) in [6.45, 7) is 7.84. The van der Waals surface area contributed by atoms with Crippen LogP contribution in [0, 0.1) is 13.8 Å². The smallest absolute Gasteiger partial charge is 0.166 e. The van der Waals surface area contributed by atoms with E-state index in [1.165, 1.54) is 11.3 Å². The molecule has 0 saturated heterocycles. The molecule has 1 heterocycles. The van der Waals surface area contributed by atoms with Crippen molar-refractivity contribution in [3.8, 4) is 0 Å². The van der Waals surface area contributed by atoms with Gasteiger partial charge >= 0.3 is 0 Å². The first-order chi connectivity index (χ1) is 7.10. The fraction of sp³-hybridized carbons (Fsp3) is 0.600. The number of hydrogen-bond donors (Lipinski definition) is 2. The van der Waals surface area contributed by atoms with Gasteiger partial charge in [-0.1, -0.05) is 0 Å². The number of aryl methyl sites for hydroxylation is 2. The highest BCUT2D eigenvalue weighted by Gasteiger charge is 2.09. The molecular weight excluding hydrogens is 208 g/mol. The van der Waals surface area contributed by atoms with Crippen molar-refractivity contribution in [1.29, 1.82) is 0 Å². The molecule has 0 aliphatic carbocycles. The van der Waals surface area contributed by atoms with Gasteiger partial charge in [0, 0.05) is 31.4 Å². The molecule has 84 valence electrons. The molecule has 0 unspecified atom stereocenters. The Hall–Kier alpha value is -1.10. The minimum atomic E-state index is 0.665. The second-order valence-corrected chi connectivity index (χ2v) is 3.81. The highest BCUT2D eigenvalue weighted by atomic mass is 32.1. The van der Waals surface area contributed by atoms with E-state index in [4.69, 9.17) is 12.2 Å². The Bertz CT molecular complexity index is 357. The second kappa shape index (κ2) is 5.11. The summed E-state index contributed by atoms with van der Waals surface area (Å²) in [7, 11) is 1.81. The standard InChI is InChI=1S/C10H18N4S/c1-5-14-8(3)9(7(2)13-14)6-12-10(15)11-4/h5-6H2,1-4H3,(H2,11,12,15). The number of nitrogens with one attached hydrogen (secondary N) is 2. The molecule has 0 radical (unpaired) electrons. The fourth-order valence-electron chi connectivity index (χ4n) is 1.55. The number of rotatable bonds is 3. The lowest BCUT2D eigenvalue weighted by Crippen LogP contribution is -2.32. The van der Waals surface area contributed by atoms with Crippen LogP contribution in [0.2, 0.25) is 0 Å². The van der Waals surface area contributed by atoms with E-state index in [0.717, 1.165) is 18.8 Å². The minimum absolute atomic E-state index is 0.665. The molecule has 1 aromatic heterocycles. The van der Waals surface area contributed by atoms with Gasteiger partial charge in [0.25, 0.3) is 0 Å². The zero-order valence-electron chi connectivity index (χ0n) is 9.72. The molecule has 0 amide bonds. The van der Waals surface area contributed by atoms with Crippen molar-refractivity contribution >= 4 is 17.3 Å². The Labute approximate surface area is 96.1 Å². The van der Waals surface area contributed by atoms with Crippen molar-refractivity contribution < 1.29 is 0 Å². The molecule has 0 aliphatic rings. The monoisotopic (exact) mass is 226 g/mol. The Balaban J connectivity index is 2.76. The third-order valence-electron chi connectivity index (χ3n) is 2.48. The topological polar surface area (TPSA) is 41.9 Å². The van der Waals surface area contributed by atoms with Gasteiger partial charge in [-0.2, -0.15) is 5.10 Å². The molecule has 4 nitrogen and oxygen atoms in total. The summed E-state index contributed by atoms with van der Waals surface area (Å²) in [4.78, 5) is 0. The van der Waals surface area contributed by atoms with Gasteiger partial charge in [-0.3, -0.25) is 4.68 Å². The summed E-state index contributed by atoms with van der Waals surface area (Å²) < 4.78 is 2.01. The molecule has 0 bridgehead atoms. The van der Waals surface area contributed by atoms with E-state index in [1.807, 2.05) is 18.7 Å². The van der Waals surface area contributed by atoms with Gasteiger partial charge in [0.05, 0.1) is 5.69 Å². The minimum Gasteiger partial charge on any atom is -0.366 e. The summed E-state index contributed by atoms with van der Waals surface area (Å²) in [6, 6.07) is 0. The van der Waals surface area contributed by atoms with Gasteiger partial charge in [-0.15, -0.1) is 0 Å². The quantitative estimate of drug-likeness (QED) is 0.758. The highest BCUT2D eigenvalue weighted by Crippen LogP contribution is 2.12. The van der Waals surface area contributed by atoms with Crippen LogP contribution in [0.4, 0.5) is 0 Å². The van der Waals surface area contributed by atoms with Crippen LogP contribution in [-0.2, 0) is 13.1 Å². The molecule has 1 aromatic rings. The SMILES string of the molecule is CCn1nc(C)c(CNC(=S)NC)c1C. The van der Waals surface area contributed by atoms with Crippen LogP contribution in [0.15, 0.2) is 0 Å². The number of aromatic nitrogens is 2. The maximum absolute atomic E-state index is 5.03. The number of hydrogen-bond acceptors (Lipinski definition) is 2. The van der Waals surface area contributed by atoms with E-state index in [1.54, 1.807) is 0 Å². The second-order valence-electron chi connectivity index (χ2n) is 3.40. The number of thiocarbonyl (C=S) groups is 1. The van der Waals surface area contributed by atoms with Crippen molar-refractivity contribution in [3.05, 3.63) is 17.0 Å². The first-order valence-corrected chi connectivity index (χ1v) is 5.49. The van der Waals surface area contributed by atoms with E-state index >= 15 is 0 Å². The van der Waals surface area contributed by atoms with Crippen molar-refractivity contribution in [1.82, 2.24) is 20.4 Å². The Kier molecular flexibility index (Phi) is 4.08. The molecule has 0 atom stereocenters. The molecule has 0 saturated carbocycles. The van der Waals surface area contributed by atoms with Crippen LogP contribution in [0.5, 0.6) is 0 Å². The predicted octanol–water partition coefficient (Wildman–Crippen LogP) is 1.11. The maximum atomic E-state index is 5.03. The molecule has 0 aromatic carbocycles. The van der Waals surface area contributed by atoms with E-state index in [-0.39, 0.29) is 0 Å². The van der Waals surface area contributed by atoms with Crippen LogP contribution in [-0.4, -0.2) is 21.9 Å². The first kappa shape index (κ1) is 12.0. The summed E-state index contributed by atoms with van der Waals surface area (Å²) in [5.41, 5.74) is 3.51. The average molecular weight is 226 g/mol. The lowest BCUT2D eigenvalue weighted by molar-refractivity contribution is 0.633. The summed E-state index contributed by atoms with van der Waals surface area (Å²) in [5, 5.41) is 11.1. The van der Waals surface area contributed by atoms with Gasteiger partial charge in [-0.05, 0) is 33.0 Å². The van der Waals surface area contributed by atoms with Crippen LogP contribution < -0.4 is 10.6 Å². The van der Waals surface area contributed by atoms with Crippen LogP contribution in [0.1, 0.15) is 23.9 Å². The third kappa shape index (κ3) is 2.68. The average Bonchev–Trinajstić information content (AvgIpc) is 2.51. The maximum Gasteiger partial charge on any atom is 0.166 e. The van der Waals surface area contributed by atoms with Gasteiger partial charge < -0.3 is 10.6 Å². The Morgan fingerprint density at radius 1 is 1.47 bits per heavy atom. The Morgan fingerprint density at radius 3 is 2.60 bits per heavy atom. The zero-order valence-corrected chi connectivity index (χ0v) is 10.5.